The van der Waals surface area contributed by atoms with Crippen molar-refractivity contribution in [3.05, 3.63) is 42.2 Å². The maximum Gasteiger partial charge on any atom is 0.0592 e. The molecule has 76 valence electrons. The first-order chi connectivity index (χ1) is 6.86. The van der Waals surface area contributed by atoms with Crippen LogP contribution in [0.25, 0.3) is 0 Å². The minimum atomic E-state index is 1.14. The van der Waals surface area contributed by atoms with Crippen LogP contribution in [0.2, 0.25) is 0 Å². The van der Waals surface area contributed by atoms with Crippen molar-refractivity contribution in [1.29, 1.82) is 0 Å². The standard InChI is InChI=1S/C9H11N3.C2H6/c1-8-3-2-4-9(7-8)12-6-5-10-11-12;1-2/h2-7,10-11H,1H3;1-2H3. The lowest BCUT2D eigenvalue weighted by Gasteiger charge is -2.15. The van der Waals surface area contributed by atoms with E-state index in [-0.39, 0.29) is 0 Å². The van der Waals surface area contributed by atoms with Crippen LogP contribution >= 0.6 is 0 Å². The largest absolute Gasteiger partial charge is 0.309 e. The Morgan fingerprint density at radius 1 is 1.21 bits per heavy atom. The maximum atomic E-state index is 2.97. The normalized spacial score (nSPS) is 13.2. The molecule has 0 aromatic heterocycles. The van der Waals surface area contributed by atoms with E-state index in [0.717, 1.165) is 5.69 Å². The Labute approximate surface area is 85.4 Å². The Morgan fingerprint density at radius 3 is 2.57 bits per heavy atom. The van der Waals surface area contributed by atoms with E-state index in [1.807, 2.05) is 37.3 Å². The third-order valence-electron chi connectivity index (χ3n) is 1.77. The van der Waals surface area contributed by atoms with Gasteiger partial charge in [0.1, 0.15) is 0 Å². The molecule has 0 fully saturated rings. The van der Waals surface area contributed by atoms with Crippen LogP contribution < -0.4 is 16.0 Å². The van der Waals surface area contributed by atoms with Gasteiger partial charge >= 0.3 is 0 Å². The number of rotatable bonds is 1. The number of aryl methyl sites for hydroxylation is 1. The summed E-state index contributed by atoms with van der Waals surface area (Å²) in [5.74, 6) is 0. The number of anilines is 1. The van der Waals surface area contributed by atoms with Gasteiger partial charge in [0.25, 0.3) is 0 Å². The van der Waals surface area contributed by atoms with E-state index >= 15 is 0 Å². The van der Waals surface area contributed by atoms with E-state index in [1.165, 1.54) is 5.56 Å². The Hall–Kier alpha value is -1.48. The zero-order valence-electron chi connectivity index (χ0n) is 8.91. The van der Waals surface area contributed by atoms with Crippen LogP contribution in [0.4, 0.5) is 5.69 Å². The summed E-state index contributed by atoms with van der Waals surface area (Å²) >= 11 is 0. The molecule has 1 aromatic rings. The van der Waals surface area contributed by atoms with Gasteiger partial charge in [-0.15, -0.1) is 5.53 Å². The van der Waals surface area contributed by atoms with Crippen molar-refractivity contribution < 1.29 is 0 Å². The Kier molecular flexibility index (Phi) is 4.01. The van der Waals surface area contributed by atoms with E-state index in [1.54, 1.807) is 0 Å². The molecule has 0 unspecified atom stereocenters. The van der Waals surface area contributed by atoms with E-state index in [0.29, 0.717) is 0 Å². The second kappa shape index (κ2) is 5.29. The molecule has 0 saturated carbocycles. The quantitative estimate of drug-likeness (QED) is 0.713. The zero-order valence-corrected chi connectivity index (χ0v) is 8.91. The maximum absolute atomic E-state index is 2.97. The van der Waals surface area contributed by atoms with Crippen molar-refractivity contribution in [2.45, 2.75) is 20.8 Å². The van der Waals surface area contributed by atoms with Crippen molar-refractivity contribution in [1.82, 2.24) is 11.0 Å². The van der Waals surface area contributed by atoms with Crippen LogP contribution in [-0.4, -0.2) is 0 Å². The van der Waals surface area contributed by atoms with Gasteiger partial charge in [0.2, 0.25) is 0 Å². The fourth-order valence-corrected chi connectivity index (χ4v) is 1.18. The topological polar surface area (TPSA) is 27.3 Å². The number of nitrogens with one attached hydrogen (secondary N) is 2. The second-order valence-electron chi connectivity index (χ2n) is 2.78. The van der Waals surface area contributed by atoms with Gasteiger partial charge in [-0.05, 0) is 24.6 Å². The average Bonchev–Trinajstić information content (AvgIpc) is 2.74. The van der Waals surface area contributed by atoms with Gasteiger partial charge in [-0.25, -0.2) is 0 Å². The number of hydrazine groups is 2. The van der Waals surface area contributed by atoms with Crippen molar-refractivity contribution >= 4 is 5.69 Å². The van der Waals surface area contributed by atoms with Gasteiger partial charge in [-0.3, -0.25) is 5.01 Å². The van der Waals surface area contributed by atoms with Gasteiger partial charge in [0.05, 0.1) is 5.69 Å². The first-order valence-electron chi connectivity index (χ1n) is 4.90. The van der Waals surface area contributed by atoms with Crippen LogP contribution in [-0.2, 0) is 0 Å². The number of hydrogen-bond donors (Lipinski definition) is 2. The highest BCUT2D eigenvalue weighted by atomic mass is 15.7. The molecule has 0 radical (unpaired) electrons. The highest BCUT2D eigenvalue weighted by molar-refractivity contribution is 5.50. The number of benzene rings is 1. The third kappa shape index (κ3) is 2.50. The minimum absolute atomic E-state index is 1.14. The average molecular weight is 191 g/mol. The Bertz CT molecular complexity index is 307. The lowest BCUT2D eigenvalue weighted by atomic mass is 10.2. The van der Waals surface area contributed by atoms with Crippen LogP contribution in [0.15, 0.2) is 36.7 Å². The van der Waals surface area contributed by atoms with Gasteiger partial charge in [0.15, 0.2) is 0 Å². The van der Waals surface area contributed by atoms with Gasteiger partial charge in [-0.2, -0.15) is 0 Å². The molecule has 0 aliphatic carbocycles. The van der Waals surface area contributed by atoms with Crippen LogP contribution in [0, 0.1) is 6.92 Å². The summed E-state index contributed by atoms with van der Waals surface area (Å²) in [6, 6.07) is 8.29. The van der Waals surface area contributed by atoms with Crippen molar-refractivity contribution in [3.63, 3.8) is 0 Å². The highest BCUT2D eigenvalue weighted by Crippen LogP contribution is 2.14. The van der Waals surface area contributed by atoms with Crippen LogP contribution in [0.5, 0.6) is 0 Å². The first-order valence-corrected chi connectivity index (χ1v) is 4.90. The lowest BCUT2D eigenvalue weighted by molar-refractivity contribution is 0.680. The molecule has 2 rings (SSSR count). The molecule has 2 N–H and O–H groups in total. The number of nitrogens with zero attached hydrogens (tertiary/aromatic N) is 1. The summed E-state index contributed by atoms with van der Waals surface area (Å²) in [7, 11) is 0. The summed E-state index contributed by atoms with van der Waals surface area (Å²) < 4.78 is 0. The molecule has 0 amide bonds. The number of hydrogen-bond acceptors (Lipinski definition) is 3. The van der Waals surface area contributed by atoms with Crippen molar-refractivity contribution in [3.8, 4) is 0 Å². The van der Waals surface area contributed by atoms with E-state index in [2.05, 4.69) is 36.1 Å². The molecule has 0 bridgehead atoms. The van der Waals surface area contributed by atoms with Gasteiger partial charge < -0.3 is 5.43 Å². The van der Waals surface area contributed by atoms with Crippen LogP contribution in [0.1, 0.15) is 19.4 Å². The van der Waals surface area contributed by atoms with Gasteiger partial charge in [0, 0.05) is 12.4 Å². The molecule has 1 aromatic carbocycles. The lowest BCUT2D eigenvalue weighted by Crippen LogP contribution is -2.35. The highest BCUT2D eigenvalue weighted by Gasteiger charge is 2.04. The molecule has 3 nitrogen and oxygen atoms in total. The SMILES string of the molecule is CC.Cc1cccc(N2C=CNN2)c1. The molecular formula is C11H17N3. The Balaban J connectivity index is 0.000000461. The van der Waals surface area contributed by atoms with E-state index in [4.69, 9.17) is 0 Å². The van der Waals surface area contributed by atoms with E-state index in [9.17, 15) is 0 Å². The molecule has 1 heterocycles. The summed E-state index contributed by atoms with van der Waals surface area (Å²) in [6.45, 7) is 6.08. The predicted molar refractivity (Wildman–Crippen MR) is 60.4 cm³/mol. The van der Waals surface area contributed by atoms with Gasteiger partial charge in [-0.1, -0.05) is 26.0 Å². The zero-order chi connectivity index (χ0) is 10.4. The molecule has 3 heteroatoms. The summed E-state index contributed by atoms with van der Waals surface area (Å²) in [5.41, 5.74) is 8.25. The third-order valence-corrected chi connectivity index (χ3v) is 1.77. The molecule has 1 aliphatic heterocycles. The Morgan fingerprint density at radius 2 is 2.00 bits per heavy atom. The molecule has 0 saturated heterocycles. The molecule has 1 aliphatic rings. The summed E-state index contributed by atoms with van der Waals surface area (Å²) in [5, 5.41) is 1.92. The molecule has 0 spiro atoms. The molecule has 14 heavy (non-hydrogen) atoms. The predicted octanol–water partition coefficient (Wildman–Crippen LogP) is 2.32. The fourth-order valence-electron chi connectivity index (χ4n) is 1.18. The molecular weight excluding hydrogens is 174 g/mol. The summed E-state index contributed by atoms with van der Waals surface area (Å²) in [6.07, 6.45) is 3.79. The van der Waals surface area contributed by atoms with Crippen LogP contribution in [0.3, 0.4) is 0 Å². The van der Waals surface area contributed by atoms with Crippen molar-refractivity contribution in [2.24, 2.45) is 0 Å². The second-order valence-corrected chi connectivity index (χ2v) is 2.78. The first kappa shape index (κ1) is 10.6. The van der Waals surface area contributed by atoms with Crippen molar-refractivity contribution in [2.75, 3.05) is 5.01 Å². The monoisotopic (exact) mass is 191 g/mol. The fraction of sp³-hybridized carbons (Fsp3) is 0.273. The summed E-state index contributed by atoms with van der Waals surface area (Å²) in [4.78, 5) is 0. The smallest absolute Gasteiger partial charge is 0.0592 e. The minimum Gasteiger partial charge on any atom is -0.309 e. The van der Waals surface area contributed by atoms with E-state index < -0.39 is 0 Å². The molecule has 0 atom stereocenters.